The lowest BCUT2D eigenvalue weighted by Crippen LogP contribution is -2.03. The van der Waals surface area contributed by atoms with Gasteiger partial charge in [0.15, 0.2) is 11.6 Å². The molecular formula is C16H16BrFO2. The van der Waals surface area contributed by atoms with Crippen LogP contribution in [0.15, 0.2) is 40.9 Å². The van der Waals surface area contributed by atoms with E-state index in [1.54, 1.807) is 12.1 Å². The van der Waals surface area contributed by atoms with E-state index in [4.69, 9.17) is 4.74 Å². The van der Waals surface area contributed by atoms with Crippen molar-refractivity contribution in [3.8, 4) is 5.75 Å². The molecule has 0 saturated carbocycles. The van der Waals surface area contributed by atoms with E-state index in [1.807, 2.05) is 25.1 Å². The van der Waals surface area contributed by atoms with Crippen LogP contribution in [-0.2, 0) is 6.42 Å². The number of halogens is 2. The maximum atomic E-state index is 13.6. The Morgan fingerprint density at radius 2 is 2.00 bits per heavy atom. The molecule has 20 heavy (non-hydrogen) atoms. The van der Waals surface area contributed by atoms with Gasteiger partial charge in [0, 0.05) is 10.9 Å². The minimum atomic E-state index is -0.667. The van der Waals surface area contributed by atoms with Crippen molar-refractivity contribution >= 4 is 15.9 Å². The molecule has 2 aromatic carbocycles. The molecule has 0 aromatic heterocycles. The first kappa shape index (κ1) is 15.0. The van der Waals surface area contributed by atoms with Crippen LogP contribution >= 0.6 is 15.9 Å². The summed E-state index contributed by atoms with van der Waals surface area (Å²) < 4.78 is 19.4. The largest absolute Gasteiger partial charge is 0.494 e. The summed E-state index contributed by atoms with van der Waals surface area (Å²) in [5.74, 6) is -0.205. The van der Waals surface area contributed by atoms with Gasteiger partial charge < -0.3 is 9.84 Å². The monoisotopic (exact) mass is 338 g/mol. The quantitative estimate of drug-likeness (QED) is 0.905. The van der Waals surface area contributed by atoms with E-state index in [1.165, 1.54) is 13.2 Å². The molecular weight excluding hydrogens is 323 g/mol. The first-order valence-electron chi connectivity index (χ1n) is 6.28. The molecule has 0 amide bonds. The fraction of sp³-hybridized carbons (Fsp3) is 0.250. The number of hydrogen-bond acceptors (Lipinski definition) is 2. The van der Waals surface area contributed by atoms with Crippen LogP contribution in [0.3, 0.4) is 0 Å². The number of aliphatic hydroxyl groups excluding tert-OH is 1. The molecule has 1 atom stereocenters. The number of aryl methyl sites for hydroxylation is 1. The summed E-state index contributed by atoms with van der Waals surface area (Å²) in [4.78, 5) is 0. The zero-order chi connectivity index (χ0) is 14.7. The Morgan fingerprint density at radius 1 is 1.25 bits per heavy atom. The minimum absolute atomic E-state index is 0.210. The van der Waals surface area contributed by atoms with Crippen molar-refractivity contribution < 1.29 is 14.2 Å². The van der Waals surface area contributed by atoms with E-state index >= 15 is 0 Å². The number of rotatable bonds is 4. The van der Waals surface area contributed by atoms with Gasteiger partial charge in [-0.1, -0.05) is 34.1 Å². The lowest BCUT2D eigenvalue weighted by atomic mass is 10.0. The summed E-state index contributed by atoms with van der Waals surface area (Å²) in [7, 11) is 1.43. The van der Waals surface area contributed by atoms with Crippen LogP contribution < -0.4 is 4.74 Å². The van der Waals surface area contributed by atoms with Gasteiger partial charge in [0.25, 0.3) is 0 Å². The summed E-state index contributed by atoms with van der Waals surface area (Å²) in [5.41, 5.74) is 2.64. The molecule has 0 bridgehead atoms. The first-order chi connectivity index (χ1) is 9.51. The lowest BCUT2D eigenvalue weighted by molar-refractivity contribution is 0.178. The molecule has 4 heteroatoms. The van der Waals surface area contributed by atoms with E-state index in [0.29, 0.717) is 6.42 Å². The number of benzene rings is 2. The van der Waals surface area contributed by atoms with Crippen molar-refractivity contribution in [2.75, 3.05) is 7.11 Å². The molecule has 0 heterocycles. The molecule has 0 aliphatic heterocycles. The highest BCUT2D eigenvalue weighted by atomic mass is 79.9. The van der Waals surface area contributed by atoms with Crippen molar-refractivity contribution in [2.24, 2.45) is 0 Å². The Hall–Kier alpha value is -1.39. The highest BCUT2D eigenvalue weighted by Gasteiger charge is 2.11. The van der Waals surface area contributed by atoms with Gasteiger partial charge in [-0.25, -0.2) is 4.39 Å². The molecule has 1 N–H and O–H groups in total. The second kappa shape index (κ2) is 6.37. The fourth-order valence-electron chi connectivity index (χ4n) is 1.99. The molecule has 1 unspecified atom stereocenters. The Kier molecular flexibility index (Phi) is 4.78. The topological polar surface area (TPSA) is 29.5 Å². The molecule has 2 rings (SSSR count). The van der Waals surface area contributed by atoms with Crippen molar-refractivity contribution in [3.63, 3.8) is 0 Å². The van der Waals surface area contributed by atoms with Gasteiger partial charge in [-0.3, -0.25) is 0 Å². The Bertz CT molecular complexity index is 613. The standard InChI is InChI=1S/C16H16BrFO2/c1-10-3-5-12(9-13(10)17)15(19)8-11-4-6-16(20-2)14(18)7-11/h3-7,9,15,19H,8H2,1-2H3. The molecule has 0 spiro atoms. The van der Waals surface area contributed by atoms with Crippen LogP contribution in [0.1, 0.15) is 22.8 Å². The highest BCUT2D eigenvalue weighted by molar-refractivity contribution is 9.10. The second-order valence-corrected chi connectivity index (χ2v) is 5.55. The third kappa shape index (κ3) is 3.38. The molecule has 0 aliphatic carbocycles. The predicted molar refractivity (Wildman–Crippen MR) is 80.5 cm³/mol. The van der Waals surface area contributed by atoms with Gasteiger partial charge in [-0.15, -0.1) is 0 Å². The summed E-state index contributed by atoms with van der Waals surface area (Å²) in [6.07, 6.45) is -0.309. The first-order valence-corrected chi connectivity index (χ1v) is 7.07. The SMILES string of the molecule is COc1ccc(CC(O)c2ccc(C)c(Br)c2)cc1F. The van der Waals surface area contributed by atoms with Gasteiger partial charge >= 0.3 is 0 Å². The Labute approximate surface area is 126 Å². The van der Waals surface area contributed by atoms with Crippen molar-refractivity contribution in [1.29, 1.82) is 0 Å². The van der Waals surface area contributed by atoms with E-state index in [2.05, 4.69) is 15.9 Å². The normalized spacial score (nSPS) is 12.2. The van der Waals surface area contributed by atoms with Gasteiger partial charge in [0.05, 0.1) is 13.2 Å². The van der Waals surface area contributed by atoms with Gasteiger partial charge in [0.1, 0.15) is 0 Å². The van der Waals surface area contributed by atoms with E-state index in [0.717, 1.165) is 21.2 Å². The minimum Gasteiger partial charge on any atom is -0.494 e. The predicted octanol–water partition coefficient (Wildman–Crippen LogP) is 4.18. The van der Waals surface area contributed by atoms with Crippen molar-refractivity contribution in [1.82, 2.24) is 0 Å². The summed E-state index contributed by atoms with van der Waals surface area (Å²) in [6.45, 7) is 1.99. The molecule has 0 radical (unpaired) electrons. The van der Waals surface area contributed by atoms with Crippen LogP contribution in [0.4, 0.5) is 4.39 Å². The average Bonchev–Trinajstić information content (AvgIpc) is 2.42. The van der Waals surface area contributed by atoms with Crippen molar-refractivity contribution in [3.05, 3.63) is 63.4 Å². The highest BCUT2D eigenvalue weighted by Crippen LogP contribution is 2.25. The molecule has 0 saturated heterocycles. The van der Waals surface area contributed by atoms with Crippen molar-refractivity contribution in [2.45, 2.75) is 19.4 Å². The maximum Gasteiger partial charge on any atom is 0.165 e. The van der Waals surface area contributed by atoms with Gasteiger partial charge in [0.2, 0.25) is 0 Å². The van der Waals surface area contributed by atoms with Crippen LogP contribution in [0, 0.1) is 12.7 Å². The maximum absolute atomic E-state index is 13.6. The van der Waals surface area contributed by atoms with E-state index < -0.39 is 11.9 Å². The third-order valence-corrected chi connectivity index (χ3v) is 4.08. The molecule has 2 nitrogen and oxygen atoms in total. The zero-order valence-corrected chi connectivity index (χ0v) is 12.9. The Balaban J connectivity index is 2.16. The number of ether oxygens (including phenoxy) is 1. The number of hydrogen-bond donors (Lipinski definition) is 1. The molecule has 0 fully saturated rings. The fourth-order valence-corrected chi connectivity index (χ4v) is 2.39. The summed E-state index contributed by atoms with van der Waals surface area (Å²) in [5, 5.41) is 10.2. The third-order valence-electron chi connectivity index (χ3n) is 3.23. The van der Waals surface area contributed by atoms with Crippen LogP contribution in [0.5, 0.6) is 5.75 Å². The summed E-state index contributed by atoms with van der Waals surface area (Å²) in [6, 6.07) is 10.4. The van der Waals surface area contributed by atoms with Gasteiger partial charge in [-0.2, -0.15) is 0 Å². The molecule has 0 aliphatic rings. The number of methoxy groups -OCH3 is 1. The average molecular weight is 339 g/mol. The smallest absolute Gasteiger partial charge is 0.165 e. The second-order valence-electron chi connectivity index (χ2n) is 4.70. The molecule has 2 aromatic rings. The van der Waals surface area contributed by atoms with Crippen LogP contribution in [0.2, 0.25) is 0 Å². The van der Waals surface area contributed by atoms with Gasteiger partial charge in [-0.05, 0) is 41.8 Å². The summed E-state index contributed by atoms with van der Waals surface area (Å²) >= 11 is 3.44. The van der Waals surface area contributed by atoms with E-state index in [-0.39, 0.29) is 5.75 Å². The molecule has 106 valence electrons. The zero-order valence-electron chi connectivity index (χ0n) is 11.4. The lowest BCUT2D eigenvalue weighted by Gasteiger charge is -2.13. The van der Waals surface area contributed by atoms with Crippen LogP contribution in [0.25, 0.3) is 0 Å². The number of aliphatic hydroxyl groups is 1. The Morgan fingerprint density at radius 3 is 2.60 bits per heavy atom. The van der Waals surface area contributed by atoms with E-state index in [9.17, 15) is 9.50 Å². The van der Waals surface area contributed by atoms with Crippen LogP contribution in [-0.4, -0.2) is 12.2 Å².